The molecule has 0 aromatic rings. The van der Waals surface area contributed by atoms with Gasteiger partial charge in [0.2, 0.25) is 0 Å². The Morgan fingerprint density at radius 3 is 2.88 bits per heavy atom. The Balaban J connectivity index is 2.12. The number of hydrogen-bond acceptors (Lipinski definition) is 3. The van der Waals surface area contributed by atoms with Gasteiger partial charge in [-0.2, -0.15) is 0 Å². The Morgan fingerprint density at radius 2 is 2.24 bits per heavy atom. The highest BCUT2D eigenvalue weighted by Gasteiger charge is 2.14. The lowest BCUT2D eigenvalue weighted by Crippen LogP contribution is -2.13. The van der Waals surface area contributed by atoms with Gasteiger partial charge in [0.05, 0.1) is 12.4 Å². The number of unbranched alkanes of at least 4 members (excludes halogenated alkanes) is 2. The summed E-state index contributed by atoms with van der Waals surface area (Å²) in [6, 6.07) is 0. The summed E-state index contributed by atoms with van der Waals surface area (Å²) in [5.74, 6) is 0.603. The lowest BCUT2D eigenvalue weighted by Gasteiger charge is -2.20. The van der Waals surface area contributed by atoms with Crippen LogP contribution in [0.3, 0.4) is 0 Å². The first-order valence-corrected chi connectivity index (χ1v) is 6.10. The molecular weight excluding hydrogens is 218 g/mol. The normalized spacial score (nSPS) is 19.5. The molecule has 96 valence electrons. The first kappa shape index (κ1) is 13.6. The average molecular weight is 239 g/mol. The molecule has 3 N–H and O–H groups in total. The van der Waals surface area contributed by atoms with Crippen LogP contribution in [-0.4, -0.2) is 17.7 Å². The second-order valence-corrected chi connectivity index (χ2v) is 4.47. The van der Waals surface area contributed by atoms with Gasteiger partial charge in [-0.25, -0.2) is 0 Å². The molecule has 0 aromatic carbocycles. The molecule has 1 aliphatic rings. The van der Waals surface area contributed by atoms with E-state index in [-0.39, 0.29) is 6.42 Å². The Hall–Kier alpha value is -1.45. The zero-order chi connectivity index (χ0) is 12.7. The molecule has 0 saturated carbocycles. The van der Waals surface area contributed by atoms with E-state index >= 15 is 0 Å². The van der Waals surface area contributed by atoms with Crippen LogP contribution in [0.5, 0.6) is 0 Å². The van der Waals surface area contributed by atoms with Crippen molar-refractivity contribution in [3.63, 3.8) is 0 Å². The number of rotatable bonds is 7. The van der Waals surface area contributed by atoms with Crippen molar-refractivity contribution >= 4 is 5.97 Å². The molecule has 0 amide bonds. The van der Waals surface area contributed by atoms with E-state index in [0.29, 0.717) is 12.5 Å². The van der Waals surface area contributed by atoms with Gasteiger partial charge in [-0.1, -0.05) is 6.92 Å². The molecule has 0 fully saturated rings. The summed E-state index contributed by atoms with van der Waals surface area (Å²) < 4.78 is 5.66. The summed E-state index contributed by atoms with van der Waals surface area (Å²) in [7, 11) is 0. The van der Waals surface area contributed by atoms with E-state index in [0.717, 1.165) is 37.1 Å². The maximum atomic E-state index is 10.3. The molecule has 1 rings (SSSR count). The van der Waals surface area contributed by atoms with Gasteiger partial charge in [-0.3, -0.25) is 4.79 Å². The zero-order valence-electron chi connectivity index (χ0n) is 10.3. The Morgan fingerprint density at radius 1 is 1.47 bits per heavy atom. The number of nitrogens with two attached hydrogens (primary N) is 1. The molecule has 4 heteroatoms. The molecular formula is C13H21NO3. The van der Waals surface area contributed by atoms with Crippen LogP contribution in [0.4, 0.5) is 0 Å². The van der Waals surface area contributed by atoms with Gasteiger partial charge >= 0.3 is 5.97 Å². The topological polar surface area (TPSA) is 72.5 Å². The summed E-state index contributed by atoms with van der Waals surface area (Å²) in [5, 5.41) is 8.47. The lowest BCUT2D eigenvalue weighted by atomic mass is 9.98. The van der Waals surface area contributed by atoms with E-state index in [1.807, 2.05) is 12.2 Å². The SMILES string of the molecule is CC1CC(N)=CC=C1OCCCCCC(=O)O. The van der Waals surface area contributed by atoms with Crippen LogP contribution in [-0.2, 0) is 9.53 Å². The third kappa shape index (κ3) is 5.43. The van der Waals surface area contributed by atoms with Crippen molar-refractivity contribution in [1.82, 2.24) is 0 Å². The molecule has 0 heterocycles. The lowest BCUT2D eigenvalue weighted by molar-refractivity contribution is -0.137. The van der Waals surface area contributed by atoms with E-state index in [9.17, 15) is 4.79 Å². The van der Waals surface area contributed by atoms with Crippen LogP contribution in [0, 0.1) is 5.92 Å². The van der Waals surface area contributed by atoms with Crippen molar-refractivity contribution in [2.75, 3.05) is 6.61 Å². The van der Waals surface area contributed by atoms with E-state index < -0.39 is 5.97 Å². The zero-order valence-corrected chi connectivity index (χ0v) is 10.3. The van der Waals surface area contributed by atoms with E-state index in [1.165, 1.54) is 0 Å². The van der Waals surface area contributed by atoms with Gasteiger partial charge in [-0.15, -0.1) is 0 Å². The molecule has 0 saturated heterocycles. The van der Waals surface area contributed by atoms with Gasteiger partial charge in [0.15, 0.2) is 0 Å². The minimum absolute atomic E-state index is 0.248. The molecule has 1 aliphatic carbocycles. The van der Waals surface area contributed by atoms with Crippen LogP contribution in [0.15, 0.2) is 23.6 Å². The van der Waals surface area contributed by atoms with Crippen molar-refractivity contribution in [3.05, 3.63) is 23.6 Å². The summed E-state index contributed by atoms with van der Waals surface area (Å²) in [5.41, 5.74) is 6.61. The van der Waals surface area contributed by atoms with Crippen LogP contribution >= 0.6 is 0 Å². The first-order chi connectivity index (χ1) is 8.09. The van der Waals surface area contributed by atoms with Gasteiger partial charge in [0, 0.05) is 18.0 Å². The minimum atomic E-state index is -0.727. The molecule has 4 nitrogen and oxygen atoms in total. The van der Waals surface area contributed by atoms with E-state index in [1.54, 1.807) is 0 Å². The van der Waals surface area contributed by atoms with Crippen LogP contribution in [0.25, 0.3) is 0 Å². The fourth-order valence-corrected chi connectivity index (χ4v) is 1.81. The van der Waals surface area contributed by atoms with Crippen molar-refractivity contribution < 1.29 is 14.6 Å². The van der Waals surface area contributed by atoms with E-state index in [4.69, 9.17) is 15.6 Å². The monoisotopic (exact) mass is 239 g/mol. The Labute approximate surface area is 102 Å². The maximum absolute atomic E-state index is 10.3. The second-order valence-electron chi connectivity index (χ2n) is 4.47. The number of aliphatic carboxylic acids is 1. The van der Waals surface area contributed by atoms with Crippen LogP contribution < -0.4 is 5.73 Å². The summed E-state index contributed by atoms with van der Waals surface area (Å²) in [6.07, 6.45) is 7.44. The van der Waals surface area contributed by atoms with Crippen molar-refractivity contribution in [2.24, 2.45) is 11.7 Å². The molecule has 0 radical (unpaired) electrons. The van der Waals surface area contributed by atoms with Crippen molar-refractivity contribution in [2.45, 2.75) is 39.0 Å². The average Bonchev–Trinajstić information content (AvgIpc) is 2.25. The smallest absolute Gasteiger partial charge is 0.303 e. The third-order valence-corrected chi connectivity index (χ3v) is 2.79. The molecule has 17 heavy (non-hydrogen) atoms. The number of carboxylic acid groups (broad SMARTS) is 1. The van der Waals surface area contributed by atoms with E-state index in [2.05, 4.69) is 6.92 Å². The fourth-order valence-electron chi connectivity index (χ4n) is 1.81. The fraction of sp³-hybridized carbons (Fsp3) is 0.615. The van der Waals surface area contributed by atoms with Crippen LogP contribution in [0.2, 0.25) is 0 Å². The Bertz CT molecular complexity index is 321. The molecule has 0 aliphatic heterocycles. The summed E-state index contributed by atoms with van der Waals surface area (Å²) in [6.45, 7) is 2.75. The standard InChI is InChI=1S/C13H21NO3/c1-10-9-11(14)6-7-12(10)17-8-4-2-3-5-13(15)16/h6-7,10H,2-5,8-9,14H2,1H3,(H,15,16). The minimum Gasteiger partial charge on any atom is -0.498 e. The first-order valence-electron chi connectivity index (χ1n) is 6.10. The quantitative estimate of drug-likeness (QED) is 0.669. The van der Waals surface area contributed by atoms with Gasteiger partial charge in [0.1, 0.15) is 0 Å². The van der Waals surface area contributed by atoms with Gasteiger partial charge in [-0.05, 0) is 37.8 Å². The largest absolute Gasteiger partial charge is 0.498 e. The summed E-state index contributed by atoms with van der Waals surface area (Å²) >= 11 is 0. The third-order valence-electron chi connectivity index (χ3n) is 2.79. The highest BCUT2D eigenvalue weighted by atomic mass is 16.5. The Kier molecular flexibility index (Phi) is 5.60. The maximum Gasteiger partial charge on any atom is 0.303 e. The van der Waals surface area contributed by atoms with Crippen LogP contribution in [0.1, 0.15) is 39.0 Å². The number of ether oxygens (including phenoxy) is 1. The second kappa shape index (κ2) is 6.99. The predicted molar refractivity (Wildman–Crippen MR) is 66.2 cm³/mol. The highest BCUT2D eigenvalue weighted by Crippen LogP contribution is 2.23. The number of allylic oxidation sites excluding steroid dienone is 4. The summed E-state index contributed by atoms with van der Waals surface area (Å²) in [4.78, 5) is 10.3. The van der Waals surface area contributed by atoms with Crippen molar-refractivity contribution in [1.29, 1.82) is 0 Å². The van der Waals surface area contributed by atoms with Crippen molar-refractivity contribution in [3.8, 4) is 0 Å². The molecule has 0 bridgehead atoms. The number of carboxylic acids is 1. The molecule has 0 spiro atoms. The van der Waals surface area contributed by atoms with Gasteiger partial charge < -0.3 is 15.6 Å². The number of hydrogen-bond donors (Lipinski definition) is 2. The number of carbonyl (C=O) groups is 1. The highest BCUT2D eigenvalue weighted by molar-refractivity contribution is 5.66. The van der Waals surface area contributed by atoms with Gasteiger partial charge in [0.25, 0.3) is 0 Å². The molecule has 0 aromatic heterocycles. The molecule has 1 unspecified atom stereocenters. The molecule has 1 atom stereocenters. The predicted octanol–water partition coefficient (Wildman–Crippen LogP) is 2.41.